The molecule has 3 aromatic rings. The zero-order valence-electron chi connectivity index (χ0n) is 14.7. The molecule has 5 nitrogen and oxygen atoms in total. The predicted octanol–water partition coefficient (Wildman–Crippen LogP) is 4.24. The van der Waals surface area contributed by atoms with E-state index in [2.05, 4.69) is 15.6 Å². The number of aromatic nitrogens is 3. The molecule has 5 rings (SSSR count). The van der Waals surface area contributed by atoms with Crippen molar-refractivity contribution in [2.24, 2.45) is 0 Å². The zero-order chi connectivity index (χ0) is 17.5. The van der Waals surface area contributed by atoms with Crippen LogP contribution in [0.1, 0.15) is 59.6 Å². The maximum Gasteiger partial charge on any atom is 0.263 e. The number of fused-ring (bicyclic) bond motifs is 1. The fourth-order valence-electron chi connectivity index (χ4n) is 4.47. The molecule has 0 aromatic carbocycles. The van der Waals surface area contributed by atoms with Crippen LogP contribution >= 0.6 is 11.3 Å². The third-order valence-electron chi connectivity index (χ3n) is 5.74. The molecular formula is C20H22N4OS. The van der Waals surface area contributed by atoms with E-state index in [0.29, 0.717) is 5.92 Å². The van der Waals surface area contributed by atoms with Crippen LogP contribution in [0.15, 0.2) is 35.8 Å². The Hall–Kier alpha value is -2.21. The van der Waals surface area contributed by atoms with E-state index in [4.69, 9.17) is 4.98 Å². The van der Waals surface area contributed by atoms with Crippen molar-refractivity contribution in [3.63, 3.8) is 0 Å². The van der Waals surface area contributed by atoms with Gasteiger partial charge < -0.3 is 9.47 Å². The van der Waals surface area contributed by atoms with Crippen molar-refractivity contribution in [3.05, 3.63) is 46.5 Å². The van der Waals surface area contributed by atoms with Gasteiger partial charge >= 0.3 is 0 Å². The van der Waals surface area contributed by atoms with Gasteiger partial charge in [-0.15, -0.1) is 11.3 Å². The fraction of sp³-hybridized carbons (Fsp3) is 0.450. The minimum absolute atomic E-state index is 0.155. The Kier molecular flexibility index (Phi) is 4.00. The maximum atomic E-state index is 12.7. The summed E-state index contributed by atoms with van der Waals surface area (Å²) < 4.78 is 2.35. The van der Waals surface area contributed by atoms with Crippen LogP contribution in [0, 0.1) is 0 Å². The highest BCUT2D eigenvalue weighted by Crippen LogP contribution is 2.38. The van der Waals surface area contributed by atoms with Crippen molar-refractivity contribution < 1.29 is 4.79 Å². The lowest BCUT2D eigenvalue weighted by Crippen LogP contribution is -2.28. The maximum absolute atomic E-state index is 12.7. The Morgan fingerprint density at radius 1 is 1.15 bits per heavy atom. The SMILES string of the molecule is O=C(c1cccs1)N1CCC(n2c(C3CCCC3)nc3cccnc32)C1. The first-order valence-electron chi connectivity index (χ1n) is 9.47. The van der Waals surface area contributed by atoms with Crippen molar-refractivity contribution >= 4 is 28.4 Å². The molecule has 1 amide bonds. The Morgan fingerprint density at radius 2 is 2.04 bits per heavy atom. The van der Waals surface area contributed by atoms with Crippen LogP contribution in [0.5, 0.6) is 0 Å². The number of nitrogens with zero attached hydrogens (tertiary/aromatic N) is 4. The molecule has 1 aliphatic heterocycles. The van der Waals surface area contributed by atoms with Gasteiger partial charge in [-0.05, 0) is 42.8 Å². The molecule has 3 aromatic heterocycles. The lowest BCUT2D eigenvalue weighted by Gasteiger charge is -2.20. The monoisotopic (exact) mass is 366 g/mol. The first-order chi connectivity index (χ1) is 12.8. The van der Waals surface area contributed by atoms with E-state index in [1.165, 1.54) is 42.8 Å². The molecule has 0 N–H and O–H groups in total. The van der Waals surface area contributed by atoms with Crippen LogP contribution in [0.2, 0.25) is 0 Å². The molecular weight excluding hydrogens is 344 g/mol. The highest BCUT2D eigenvalue weighted by Gasteiger charge is 2.33. The summed E-state index contributed by atoms with van der Waals surface area (Å²) in [5, 5.41) is 1.96. The Morgan fingerprint density at radius 3 is 2.85 bits per heavy atom. The van der Waals surface area contributed by atoms with Crippen LogP contribution in [0.25, 0.3) is 11.2 Å². The van der Waals surface area contributed by atoms with Crippen LogP contribution in [-0.2, 0) is 0 Å². The molecule has 1 aliphatic carbocycles. The molecule has 0 bridgehead atoms. The van der Waals surface area contributed by atoms with Crippen molar-refractivity contribution in [1.29, 1.82) is 0 Å². The van der Waals surface area contributed by atoms with Gasteiger partial charge in [0.05, 0.1) is 10.9 Å². The summed E-state index contributed by atoms with van der Waals surface area (Å²) in [6.07, 6.45) is 7.83. The van der Waals surface area contributed by atoms with Gasteiger partial charge in [0, 0.05) is 25.2 Å². The molecule has 6 heteroatoms. The van der Waals surface area contributed by atoms with Gasteiger partial charge in [0.15, 0.2) is 5.65 Å². The van der Waals surface area contributed by atoms with Gasteiger partial charge in [0.25, 0.3) is 5.91 Å². The summed E-state index contributed by atoms with van der Waals surface area (Å²) in [6, 6.07) is 8.14. The first kappa shape index (κ1) is 16.0. The van der Waals surface area contributed by atoms with Gasteiger partial charge in [-0.3, -0.25) is 4.79 Å². The van der Waals surface area contributed by atoms with Gasteiger partial charge in [0.2, 0.25) is 0 Å². The van der Waals surface area contributed by atoms with E-state index >= 15 is 0 Å². The van der Waals surface area contributed by atoms with E-state index in [0.717, 1.165) is 35.6 Å². The Labute approximate surface area is 156 Å². The van der Waals surface area contributed by atoms with Crippen LogP contribution < -0.4 is 0 Å². The lowest BCUT2D eigenvalue weighted by atomic mass is 10.1. The number of pyridine rings is 1. The molecule has 2 fully saturated rings. The van der Waals surface area contributed by atoms with E-state index in [1.54, 1.807) is 0 Å². The molecule has 1 atom stereocenters. The van der Waals surface area contributed by atoms with Gasteiger partial charge in [-0.25, -0.2) is 9.97 Å². The average Bonchev–Trinajstić information content (AvgIpc) is 3.47. The zero-order valence-corrected chi connectivity index (χ0v) is 15.5. The lowest BCUT2D eigenvalue weighted by molar-refractivity contribution is 0.0792. The number of imidazole rings is 1. The molecule has 0 spiro atoms. The summed E-state index contributed by atoms with van der Waals surface area (Å²) in [7, 11) is 0. The quantitative estimate of drug-likeness (QED) is 0.697. The number of rotatable bonds is 3. The first-order valence-corrected chi connectivity index (χ1v) is 10.3. The van der Waals surface area contributed by atoms with E-state index in [1.807, 2.05) is 34.7 Å². The summed E-state index contributed by atoms with van der Waals surface area (Å²) in [6.45, 7) is 1.55. The van der Waals surface area contributed by atoms with Crippen molar-refractivity contribution in [2.75, 3.05) is 13.1 Å². The van der Waals surface area contributed by atoms with E-state index in [-0.39, 0.29) is 11.9 Å². The second kappa shape index (κ2) is 6.50. The summed E-state index contributed by atoms with van der Waals surface area (Å²) in [5.41, 5.74) is 1.96. The minimum atomic E-state index is 0.155. The third-order valence-corrected chi connectivity index (χ3v) is 6.60. The summed E-state index contributed by atoms with van der Waals surface area (Å²) >= 11 is 1.52. The topological polar surface area (TPSA) is 51.0 Å². The van der Waals surface area contributed by atoms with Crippen molar-refractivity contribution in [3.8, 4) is 0 Å². The van der Waals surface area contributed by atoms with Gasteiger partial charge in [-0.1, -0.05) is 18.9 Å². The highest BCUT2D eigenvalue weighted by atomic mass is 32.1. The van der Waals surface area contributed by atoms with Crippen molar-refractivity contribution in [1.82, 2.24) is 19.4 Å². The minimum Gasteiger partial charge on any atom is -0.336 e. The number of carbonyl (C=O) groups is 1. The summed E-state index contributed by atoms with van der Waals surface area (Å²) in [4.78, 5) is 25.1. The Balaban J connectivity index is 1.49. The van der Waals surface area contributed by atoms with Gasteiger partial charge in [-0.2, -0.15) is 0 Å². The molecule has 0 radical (unpaired) electrons. The fourth-order valence-corrected chi connectivity index (χ4v) is 5.16. The van der Waals surface area contributed by atoms with Crippen LogP contribution in [-0.4, -0.2) is 38.4 Å². The second-order valence-electron chi connectivity index (χ2n) is 7.34. The Bertz CT molecular complexity index is 927. The molecule has 1 saturated carbocycles. The van der Waals surface area contributed by atoms with Crippen molar-refractivity contribution in [2.45, 2.75) is 44.1 Å². The number of likely N-dealkylation sites (tertiary alicyclic amines) is 1. The molecule has 2 aliphatic rings. The predicted molar refractivity (Wildman–Crippen MR) is 103 cm³/mol. The molecule has 26 heavy (non-hydrogen) atoms. The smallest absolute Gasteiger partial charge is 0.263 e. The normalized spacial score (nSPS) is 21.1. The van der Waals surface area contributed by atoms with E-state index < -0.39 is 0 Å². The third kappa shape index (κ3) is 2.63. The van der Waals surface area contributed by atoms with E-state index in [9.17, 15) is 4.79 Å². The number of carbonyl (C=O) groups excluding carboxylic acids is 1. The number of amides is 1. The van der Waals surface area contributed by atoms with Crippen LogP contribution in [0.4, 0.5) is 0 Å². The molecule has 4 heterocycles. The molecule has 1 saturated heterocycles. The molecule has 1 unspecified atom stereocenters. The van der Waals surface area contributed by atoms with Gasteiger partial charge in [0.1, 0.15) is 11.3 Å². The number of thiophene rings is 1. The standard InChI is InChI=1S/C20H22N4OS/c25-20(17-8-4-12-26-17)23-11-9-15(13-23)24-18(14-5-1-2-6-14)22-16-7-3-10-21-19(16)24/h3-4,7-8,10,12,14-15H,1-2,5-6,9,11,13H2. The largest absolute Gasteiger partial charge is 0.336 e. The second-order valence-corrected chi connectivity index (χ2v) is 8.29. The molecule has 134 valence electrons. The van der Waals surface area contributed by atoms with Crippen LogP contribution in [0.3, 0.4) is 0 Å². The average molecular weight is 366 g/mol. The highest BCUT2D eigenvalue weighted by molar-refractivity contribution is 7.12. The number of hydrogen-bond donors (Lipinski definition) is 0. The summed E-state index contributed by atoms with van der Waals surface area (Å²) in [5.74, 6) is 1.88. The number of hydrogen-bond acceptors (Lipinski definition) is 4.